The van der Waals surface area contributed by atoms with Crippen LogP contribution in [0.3, 0.4) is 0 Å². The number of nitrogens with zero attached hydrogens (tertiary/aromatic N) is 1. The maximum absolute atomic E-state index is 11.9. The molecule has 0 radical (unpaired) electrons. The van der Waals surface area contributed by atoms with E-state index in [0.29, 0.717) is 6.54 Å². The molecule has 0 fully saturated rings. The van der Waals surface area contributed by atoms with Crippen LogP contribution < -0.4 is 5.32 Å². The number of hydrogen-bond acceptors (Lipinski definition) is 2. The van der Waals surface area contributed by atoms with E-state index in [2.05, 4.69) is 10.1 Å². The Morgan fingerprint density at radius 2 is 1.94 bits per heavy atom. The minimum atomic E-state index is -4.28. The predicted octanol–water partition coefficient (Wildman–Crippen LogP) is 2.91. The molecule has 0 aliphatic carbocycles. The van der Waals surface area contributed by atoms with Gasteiger partial charge in [-0.25, -0.2) is 0 Å². The lowest BCUT2D eigenvalue weighted by molar-refractivity contribution is -0.182. The lowest BCUT2D eigenvalue weighted by atomic mass is 10.1. The molecule has 6 heteroatoms. The summed E-state index contributed by atoms with van der Waals surface area (Å²) in [7, 11) is 0. The maximum atomic E-state index is 11.9. The van der Waals surface area contributed by atoms with Crippen LogP contribution in [-0.2, 0) is 18.0 Å². The molecule has 0 aliphatic rings. The Hall–Kier alpha value is -1.01. The van der Waals surface area contributed by atoms with E-state index in [-0.39, 0.29) is 12.3 Å². The van der Waals surface area contributed by atoms with Gasteiger partial charge in [0, 0.05) is 24.0 Å². The molecular formula is C12H19F3N2O. The van der Waals surface area contributed by atoms with Gasteiger partial charge >= 0.3 is 6.18 Å². The van der Waals surface area contributed by atoms with Gasteiger partial charge in [-0.3, -0.25) is 0 Å². The molecule has 0 bridgehead atoms. The Morgan fingerprint density at radius 3 is 2.50 bits per heavy atom. The second-order valence-electron chi connectivity index (χ2n) is 5.17. The fourth-order valence-electron chi connectivity index (χ4n) is 1.35. The van der Waals surface area contributed by atoms with Crippen molar-refractivity contribution < 1.29 is 17.9 Å². The molecule has 1 aromatic rings. The number of alkyl halides is 3. The first kappa shape index (κ1) is 15.0. The molecule has 3 nitrogen and oxygen atoms in total. The van der Waals surface area contributed by atoms with Gasteiger partial charge in [-0.2, -0.15) is 13.2 Å². The van der Waals surface area contributed by atoms with E-state index in [1.807, 2.05) is 26.8 Å². The molecule has 1 rings (SSSR count). The first-order valence-electron chi connectivity index (χ1n) is 5.71. The molecule has 0 spiro atoms. The average Bonchev–Trinajstić information content (AvgIpc) is 2.59. The molecule has 0 aromatic carbocycles. The minimum Gasteiger partial charge on any atom is -0.351 e. The quantitative estimate of drug-likeness (QED) is 0.885. The van der Waals surface area contributed by atoms with Crippen molar-refractivity contribution in [3.8, 4) is 0 Å². The van der Waals surface area contributed by atoms with Gasteiger partial charge < -0.3 is 14.6 Å². The van der Waals surface area contributed by atoms with Crippen LogP contribution in [0.15, 0.2) is 18.3 Å². The van der Waals surface area contributed by atoms with E-state index in [4.69, 9.17) is 0 Å². The van der Waals surface area contributed by atoms with E-state index < -0.39 is 12.8 Å². The van der Waals surface area contributed by atoms with Gasteiger partial charge in [0.1, 0.15) is 13.3 Å². The van der Waals surface area contributed by atoms with Gasteiger partial charge in [-0.05, 0) is 32.9 Å². The van der Waals surface area contributed by atoms with Gasteiger partial charge in [0.05, 0.1) is 0 Å². The molecule has 0 saturated carbocycles. The second-order valence-corrected chi connectivity index (χ2v) is 5.17. The molecule has 0 unspecified atom stereocenters. The third kappa shape index (κ3) is 6.07. The van der Waals surface area contributed by atoms with Crippen molar-refractivity contribution in [2.45, 2.75) is 45.8 Å². The Morgan fingerprint density at radius 1 is 1.28 bits per heavy atom. The first-order valence-corrected chi connectivity index (χ1v) is 5.71. The Bertz CT molecular complexity index is 366. The van der Waals surface area contributed by atoms with Gasteiger partial charge in [0.25, 0.3) is 0 Å². The van der Waals surface area contributed by atoms with Crippen molar-refractivity contribution in [1.29, 1.82) is 0 Å². The summed E-state index contributed by atoms with van der Waals surface area (Å²) < 4.78 is 42.1. The summed E-state index contributed by atoms with van der Waals surface area (Å²) in [6, 6.07) is 3.65. The predicted molar refractivity (Wildman–Crippen MR) is 63.0 cm³/mol. The van der Waals surface area contributed by atoms with E-state index >= 15 is 0 Å². The fourth-order valence-corrected chi connectivity index (χ4v) is 1.35. The third-order valence-electron chi connectivity index (χ3n) is 2.22. The topological polar surface area (TPSA) is 26.2 Å². The molecular weight excluding hydrogens is 245 g/mol. The Balaban J connectivity index is 2.45. The molecule has 1 N–H and O–H groups in total. The summed E-state index contributed by atoms with van der Waals surface area (Å²) in [6.07, 6.45) is -2.58. The molecule has 0 saturated heterocycles. The van der Waals surface area contributed by atoms with E-state index in [0.717, 1.165) is 5.69 Å². The van der Waals surface area contributed by atoms with Crippen molar-refractivity contribution in [3.63, 3.8) is 0 Å². The van der Waals surface area contributed by atoms with E-state index in [1.165, 1.54) is 0 Å². The summed E-state index contributed by atoms with van der Waals surface area (Å²) in [6.45, 7) is 5.36. The van der Waals surface area contributed by atoms with Crippen LogP contribution >= 0.6 is 0 Å². The highest BCUT2D eigenvalue weighted by molar-refractivity contribution is 5.06. The zero-order valence-corrected chi connectivity index (χ0v) is 10.8. The van der Waals surface area contributed by atoms with E-state index in [9.17, 15) is 13.2 Å². The van der Waals surface area contributed by atoms with Gasteiger partial charge in [0.2, 0.25) is 0 Å². The summed E-state index contributed by atoms with van der Waals surface area (Å²) in [4.78, 5) is 0. The SMILES string of the molecule is CC(C)(C)NCc1cccn1COCC(F)(F)F. The zero-order valence-electron chi connectivity index (χ0n) is 10.8. The highest BCUT2D eigenvalue weighted by Crippen LogP contribution is 2.15. The minimum absolute atomic E-state index is 0.0398. The van der Waals surface area contributed by atoms with Gasteiger partial charge in [-0.15, -0.1) is 0 Å². The lowest BCUT2D eigenvalue weighted by Crippen LogP contribution is -2.35. The second kappa shape index (κ2) is 5.75. The highest BCUT2D eigenvalue weighted by atomic mass is 19.4. The lowest BCUT2D eigenvalue weighted by Gasteiger charge is -2.21. The highest BCUT2D eigenvalue weighted by Gasteiger charge is 2.27. The zero-order chi connectivity index (χ0) is 13.8. The van der Waals surface area contributed by atoms with Crippen LogP contribution in [0.5, 0.6) is 0 Å². The van der Waals surface area contributed by atoms with Crippen molar-refractivity contribution in [3.05, 3.63) is 24.0 Å². The number of hydrogen-bond donors (Lipinski definition) is 1. The number of nitrogens with one attached hydrogen (secondary N) is 1. The van der Waals surface area contributed by atoms with Crippen molar-refractivity contribution in [1.82, 2.24) is 9.88 Å². The normalized spacial score (nSPS) is 13.0. The summed E-state index contributed by atoms with van der Waals surface area (Å²) in [5, 5.41) is 3.27. The van der Waals surface area contributed by atoms with Crippen LogP contribution in [0.4, 0.5) is 13.2 Å². The van der Waals surface area contributed by atoms with Crippen LogP contribution in [0.2, 0.25) is 0 Å². The molecule has 0 aliphatic heterocycles. The smallest absolute Gasteiger partial charge is 0.351 e. The van der Waals surface area contributed by atoms with Crippen LogP contribution in [0, 0.1) is 0 Å². The first-order chi connectivity index (χ1) is 8.17. The number of halogens is 3. The van der Waals surface area contributed by atoms with Crippen molar-refractivity contribution in [2.24, 2.45) is 0 Å². The molecule has 0 atom stereocenters. The fraction of sp³-hybridized carbons (Fsp3) is 0.667. The van der Waals surface area contributed by atoms with Gasteiger partial charge in [-0.1, -0.05) is 0 Å². The number of rotatable bonds is 5. The largest absolute Gasteiger partial charge is 0.411 e. The molecule has 18 heavy (non-hydrogen) atoms. The van der Waals surface area contributed by atoms with Crippen LogP contribution in [0.25, 0.3) is 0 Å². The average molecular weight is 264 g/mol. The van der Waals surface area contributed by atoms with Crippen molar-refractivity contribution in [2.75, 3.05) is 6.61 Å². The Kier molecular flexibility index (Phi) is 4.81. The summed E-state index contributed by atoms with van der Waals surface area (Å²) in [5.41, 5.74) is 0.856. The number of aromatic nitrogens is 1. The molecule has 1 heterocycles. The molecule has 0 amide bonds. The number of ether oxygens (including phenoxy) is 1. The molecule has 104 valence electrons. The maximum Gasteiger partial charge on any atom is 0.411 e. The van der Waals surface area contributed by atoms with E-state index in [1.54, 1.807) is 16.8 Å². The molecule has 1 aromatic heterocycles. The van der Waals surface area contributed by atoms with Crippen LogP contribution in [-0.4, -0.2) is 22.9 Å². The summed E-state index contributed by atoms with van der Waals surface area (Å²) in [5.74, 6) is 0. The monoisotopic (exact) mass is 264 g/mol. The summed E-state index contributed by atoms with van der Waals surface area (Å²) >= 11 is 0. The Labute approximate surface area is 105 Å². The van der Waals surface area contributed by atoms with Crippen molar-refractivity contribution >= 4 is 0 Å². The standard InChI is InChI=1S/C12H19F3N2O/c1-11(2,3)16-7-10-5-4-6-17(10)9-18-8-12(13,14)15/h4-6,16H,7-9H2,1-3H3. The van der Waals surface area contributed by atoms with Crippen LogP contribution in [0.1, 0.15) is 26.5 Å². The third-order valence-corrected chi connectivity index (χ3v) is 2.22. The van der Waals surface area contributed by atoms with Gasteiger partial charge in [0.15, 0.2) is 0 Å².